The van der Waals surface area contributed by atoms with Gasteiger partial charge < -0.3 is 14.5 Å². The van der Waals surface area contributed by atoms with Crippen molar-refractivity contribution >= 4 is 38.9 Å². The molecule has 0 radical (unpaired) electrons. The summed E-state index contributed by atoms with van der Waals surface area (Å²) in [4.78, 5) is 8.12. The van der Waals surface area contributed by atoms with Crippen molar-refractivity contribution in [1.29, 1.82) is 5.26 Å². The molecule has 8 nitrogen and oxygen atoms in total. The fourth-order valence-corrected chi connectivity index (χ4v) is 4.26. The molecule has 3 rings (SSSR count). The maximum Gasteiger partial charge on any atom is 0.200 e. The number of alkyl halides is 1. The molecule has 0 aliphatic carbocycles. The summed E-state index contributed by atoms with van der Waals surface area (Å²) in [5.74, 6) is 1.35. The van der Waals surface area contributed by atoms with Gasteiger partial charge in [-0.3, -0.25) is 0 Å². The molecule has 0 unspecified atom stereocenters. The fourth-order valence-electron chi connectivity index (χ4n) is 3.18. The maximum absolute atomic E-state index is 11.8. The van der Waals surface area contributed by atoms with E-state index in [1.54, 1.807) is 18.3 Å². The Labute approximate surface area is 202 Å². The molecule has 3 aromatic rings. The highest BCUT2D eigenvalue weighted by atomic mass is 35.5. The van der Waals surface area contributed by atoms with E-state index in [0.717, 1.165) is 23.8 Å². The zero-order valence-corrected chi connectivity index (χ0v) is 20.6. The summed E-state index contributed by atoms with van der Waals surface area (Å²) in [6, 6.07) is 9.18. The number of aromatic nitrogens is 2. The lowest BCUT2D eigenvalue weighted by Crippen LogP contribution is -2.20. The molecule has 11 heteroatoms. The van der Waals surface area contributed by atoms with Crippen molar-refractivity contribution in [1.82, 2.24) is 9.97 Å². The van der Waals surface area contributed by atoms with E-state index in [-0.39, 0.29) is 17.4 Å². The van der Waals surface area contributed by atoms with Crippen LogP contribution in [0.15, 0.2) is 46.3 Å². The predicted octanol–water partition coefficient (Wildman–Crippen LogP) is 4.55. The van der Waals surface area contributed by atoms with Gasteiger partial charge in [0.1, 0.15) is 24.2 Å². The molecular formula is C22H22Cl2N4O4S. The molecule has 0 aliphatic heterocycles. The Kier molecular flexibility index (Phi) is 7.52. The van der Waals surface area contributed by atoms with Crippen LogP contribution in [0.4, 0.5) is 5.82 Å². The Balaban J connectivity index is 1.85. The molecular weight excluding hydrogens is 487 g/mol. The van der Waals surface area contributed by atoms with Crippen LogP contribution in [0.3, 0.4) is 0 Å². The van der Waals surface area contributed by atoms with Crippen LogP contribution in [0, 0.1) is 11.3 Å². The Morgan fingerprint density at radius 2 is 2.00 bits per heavy atom. The van der Waals surface area contributed by atoms with Crippen LogP contribution in [0.5, 0.6) is 5.75 Å². The van der Waals surface area contributed by atoms with E-state index in [1.165, 1.54) is 0 Å². The molecule has 0 aliphatic rings. The molecule has 0 amide bonds. The van der Waals surface area contributed by atoms with Crippen LogP contribution < -0.4 is 10.1 Å². The second-order valence-electron chi connectivity index (χ2n) is 7.76. The molecule has 0 spiro atoms. The summed E-state index contributed by atoms with van der Waals surface area (Å²) < 4.78 is 34.4. The number of anilines is 1. The molecule has 2 heterocycles. The average Bonchev–Trinajstić information content (AvgIpc) is 3.26. The summed E-state index contributed by atoms with van der Waals surface area (Å²) >= 11 is 12.1. The van der Waals surface area contributed by atoms with Crippen LogP contribution in [-0.4, -0.2) is 37.1 Å². The number of hydrogen-bond acceptors (Lipinski definition) is 8. The van der Waals surface area contributed by atoms with Gasteiger partial charge in [-0.25, -0.2) is 18.4 Å². The minimum atomic E-state index is -3.56. The molecule has 174 valence electrons. The Morgan fingerprint density at radius 1 is 1.24 bits per heavy atom. The minimum absolute atomic E-state index is 0.0642. The van der Waals surface area contributed by atoms with Gasteiger partial charge in [-0.15, -0.1) is 11.6 Å². The van der Waals surface area contributed by atoms with Crippen LogP contribution in [0.2, 0.25) is 5.02 Å². The monoisotopic (exact) mass is 508 g/mol. The quantitative estimate of drug-likeness (QED) is 0.418. The molecule has 1 N–H and O–H groups in total. The van der Waals surface area contributed by atoms with E-state index in [2.05, 4.69) is 21.4 Å². The number of nitrogens with one attached hydrogen (secondary N) is 1. The van der Waals surface area contributed by atoms with Crippen LogP contribution in [-0.2, 0) is 21.9 Å². The van der Waals surface area contributed by atoms with E-state index in [1.807, 2.05) is 26.0 Å². The van der Waals surface area contributed by atoms with E-state index in [4.69, 9.17) is 32.4 Å². The summed E-state index contributed by atoms with van der Waals surface area (Å²) in [7, 11) is -3.56. The standard InChI is InChI=1S/C22H22Cl2N4O4S/c1-22(2,16-9-17(24)20(27-11-16)26-7-6-23)15-4-5-18(14(8-15)10-25)31-12-19-21(28-13-32-19)33(3,29)30/h4-5,8-9,11,13H,6-7,12H2,1-3H3,(H,26,27). The number of nitrogens with zero attached hydrogens (tertiary/aromatic N) is 3. The highest BCUT2D eigenvalue weighted by Crippen LogP contribution is 2.36. The van der Waals surface area contributed by atoms with Gasteiger partial charge in [0.05, 0.1) is 10.6 Å². The van der Waals surface area contributed by atoms with Gasteiger partial charge in [-0.05, 0) is 29.3 Å². The van der Waals surface area contributed by atoms with E-state index in [9.17, 15) is 13.7 Å². The lowest BCUT2D eigenvalue weighted by molar-refractivity contribution is 0.264. The van der Waals surface area contributed by atoms with Crippen molar-refractivity contribution in [3.8, 4) is 11.8 Å². The van der Waals surface area contributed by atoms with E-state index in [0.29, 0.717) is 34.6 Å². The van der Waals surface area contributed by atoms with Crippen molar-refractivity contribution in [3.05, 3.63) is 64.3 Å². The highest BCUT2D eigenvalue weighted by molar-refractivity contribution is 7.90. The number of nitriles is 1. The third-order valence-electron chi connectivity index (χ3n) is 5.08. The average molecular weight is 509 g/mol. The molecule has 0 fully saturated rings. The Bertz CT molecular complexity index is 1300. The lowest BCUT2D eigenvalue weighted by atomic mass is 9.78. The third kappa shape index (κ3) is 5.58. The van der Waals surface area contributed by atoms with Crippen molar-refractivity contribution in [2.75, 3.05) is 24.0 Å². The summed E-state index contributed by atoms with van der Waals surface area (Å²) in [5, 5.41) is 13.0. The second kappa shape index (κ2) is 10.00. The first-order valence-electron chi connectivity index (χ1n) is 9.83. The van der Waals surface area contributed by atoms with Crippen LogP contribution >= 0.6 is 23.2 Å². The summed E-state index contributed by atoms with van der Waals surface area (Å²) in [5.41, 5.74) is 1.49. The maximum atomic E-state index is 11.8. The molecule has 0 saturated heterocycles. The molecule has 0 saturated carbocycles. The first kappa shape index (κ1) is 24.8. The van der Waals surface area contributed by atoms with Crippen molar-refractivity contribution in [2.45, 2.75) is 30.9 Å². The molecule has 1 aromatic carbocycles. The first-order chi connectivity index (χ1) is 15.6. The number of ether oxygens (including phenoxy) is 1. The topological polar surface area (TPSA) is 118 Å². The number of rotatable bonds is 9. The Hall–Kier alpha value is -2.80. The SMILES string of the molecule is CC(C)(c1cnc(NCCCl)c(Cl)c1)c1ccc(OCc2ocnc2S(C)(=O)=O)c(C#N)c1. The first-order valence-corrected chi connectivity index (χ1v) is 12.6. The zero-order valence-electron chi connectivity index (χ0n) is 18.2. The van der Waals surface area contributed by atoms with Crippen molar-refractivity contribution in [2.24, 2.45) is 0 Å². The normalized spacial score (nSPS) is 11.8. The molecule has 0 atom stereocenters. The van der Waals surface area contributed by atoms with Gasteiger partial charge >= 0.3 is 0 Å². The number of halogens is 2. The number of oxazole rings is 1. The predicted molar refractivity (Wildman–Crippen MR) is 126 cm³/mol. The van der Waals surface area contributed by atoms with Crippen LogP contribution in [0.1, 0.15) is 36.3 Å². The molecule has 2 aromatic heterocycles. The Morgan fingerprint density at radius 3 is 2.64 bits per heavy atom. The largest absolute Gasteiger partial charge is 0.484 e. The van der Waals surface area contributed by atoms with E-state index < -0.39 is 15.3 Å². The lowest BCUT2D eigenvalue weighted by Gasteiger charge is -2.27. The van der Waals surface area contributed by atoms with E-state index >= 15 is 0 Å². The molecule has 0 bridgehead atoms. The third-order valence-corrected chi connectivity index (χ3v) is 6.60. The number of sulfone groups is 1. The second-order valence-corrected chi connectivity index (χ2v) is 10.5. The van der Waals surface area contributed by atoms with Gasteiger partial charge in [-0.2, -0.15) is 5.26 Å². The number of hydrogen-bond donors (Lipinski definition) is 1. The van der Waals surface area contributed by atoms with Crippen LogP contribution in [0.25, 0.3) is 0 Å². The number of pyridine rings is 1. The van der Waals surface area contributed by atoms with Crippen molar-refractivity contribution in [3.63, 3.8) is 0 Å². The zero-order chi connectivity index (χ0) is 24.2. The van der Waals surface area contributed by atoms with Gasteiger partial charge in [0, 0.05) is 30.3 Å². The minimum Gasteiger partial charge on any atom is -0.484 e. The van der Waals surface area contributed by atoms with Gasteiger partial charge in [0.15, 0.2) is 27.0 Å². The van der Waals surface area contributed by atoms with Crippen molar-refractivity contribution < 1.29 is 17.6 Å². The summed E-state index contributed by atoms with van der Waals surface area (Å²) in [6.45, 7) is 4.35. The van der Waals surface area contributed by atoms with Gasteiger partial charge in [0.25, 0.3) is 0 Å². The smallest absolute Gasteiger partial charge is 0.200 e. The fraction of sp³-hybridized carbons (Fsp3) is 0.318. The number of benzene rings is 1. The highest BCUT2D eigenvalue weighted by Gasteiger charge is 2.26. The molecule has 33 heavy (non-hydrogen) atoms. The van der Waals surface area contributed by atoms with Gasteiger partial charge in [0.2, 0.25) is 0 Å². The summed E-state index contributed by atoms with van der Waals surface area (Å²) in [6.07, 6.45) is 3.81. The van der Waals surface area contributed by atoms with Gasteiger partial charge in [-0.1, -0.05) is 31.5 Å².